The molecule has 0 saturated heterocycles. The number of rotatable bonds is 3. The Balaban J connectivity index is 2.33. The molecule has 5 nitrogen and oxygen atoms in total. The fraction of sp³-hybridized carbons (Fsp3) is 0. The molecule has 0 aliphatic carbocycles. The quantitative estimate of drug-likeness (QED) is 0.589. The first-order chi connectivity index (χ1) is 9.88. The summed E-state index contributed by atoms with van der Waals surface area (Å²) in [4.78, 5) is 22.1. The monoisotopic (exact) mass is 416 g/mol. The predicted molar refractivity (Wildman–Crippen MR) is 82.8 cm³/mol. The molecule has 0 bridgehead atoms. The van der Waals surface area contributed by atoms with E-state index >= 15 is 0 Å². The third-order valence-corrected chi connectivity index (χ3v) is 3.77. The molecule has 1 amide bonds. The summed E-state index contributed by atoms with van der Waals surface area (Å²) < 4.78 is 14.8. The minimum Gasteiger partial charge on any atom is -0.319 e. The highest BCUT2D eigenvalue weighted by atomic mass is 79.9. The zero-order valence-corrected chi connectivity index (χ0v) is 13.4. The number of hydrogen-bond acceptors (Lipinski definition) is 3. The Morgan fingerprint density at radius 2 is 1.90 bits per heavy atom. The molecule has 0 unspecified atom stereocenters. The number of nitro benzene ring substituents is 1. The Bertz CT molecular complexity index is 737. The largest absolute Gasteiger partial charge is 0.319 e. The zero-order valence-electron chi connectivity index (χ0n) is 10.3. The van der Waals surface area contributed by atoms with Crippen LogP contribution in [0.3, 0.4) is 0 Å². The second kappa shape index (κ2) is 6.31. The Kier molecular flexibility index (Phi) is 4.69. The van der Waals surface area contributed by atoms with Crippen LogP contribution in [-0.4, -0.2) is 10.8 Å². The van der Waals surface area contributed by atoms with E-state index in [9.17, 15) is 19.3 Å². The zero-order chi connectivity index (χ0) is 15.6. The topological polar surface area (TPSA) is 72.2 Å². The van der Waals surface area contributed by atoms with Gasteiger partial charge in [0.25, 0.3) is 11.6 Å². The van der Waals surface area contributed by atoms with Crippen molar-refractivity contribution in [2.24, 2.45) is 0 Å². The number of nitro groups is 1. The third-order valence-electron chi connectivity index (χ3n) is 2.58. The van der Waals surface area contributed by atoms with Crippen LogP contribution >= 0.6 is 31.9 Å². The molecule has 0 heterocycles. The van der Waals surface area contributed by atoms with Gasteiger partial charge in [0.05, 0.1) is 16.2 Å². The molecule has 2 aromatic rings. The van der Waals surface area contributed by atoms with Crippen molar-refractivity contribution in [1.82, 2.24) is 0 Å². The van der Waals surface area contributed by atoms with Crippen molar-refractivity contribution in [3.63, 3.8) is 0 Å². The summed E-state index contributed by atoms with van der Waals surface area (Å²) >= 11 is 6.45. The average molecular weight is 418 g/mol. The Morgan fingerprint density at radius 3 is 2.57 bits per heavy atom. The average Bonchev–Trinajstić information content (AvgIpc) is 2.43. The highest BCUT2D eigenvalue weighted by Crippen LogP contribution is 2.25. The van der Waals surface area contributed by atoms with Crippen molar-refractivity contribution in [1.29, 1.82) is 0 Å². The SMILES string of the molecule is O=C(Nc1cc([N+](=O)[O-])ccc1F)c1cc(Br)ccc1Br. The number of nitrogens with zero attached hydrogens (tertiary/aromatic N) is 1. The van der Waals surface area contributed by atoms with E-state index in [0.717, 1.165) is 18.2 Å². The van der Waals surface area contributed by atoms with Crippen molar-refractivity contribution in [3.8, 4) is 0 Å². The Labute approximate surface area is 135 Å². The van der Waals surface area contributed by atoms with Crippen LogP contribution in [0.5, 0.6) is 0 Å². The molecular formula is C13H7Br2FN2O3. The van der Waals surface area contributed by atoms with Gasteiger partial charge in [0.15, 0.2) is 0 Å². The van der Waals surface area contributed by atoms with Crippen molar-refractivity contribution in [3.05, 3.63) is 66.8 Å². The Morgan fingerprint density at radius 1 is 1.19 bits per heavy atom. The fourth-order valence-electron chi connectivity index (χ4n) is 1.58. The van der Waals surface area contributed by atoms with Gasteiger partial charge in [-0.2, -0.15) is 0 Å². The number of hydrogen-bond donors (Lipinski definition) is 1. The molecule has 2 aromatic carbocycles. The van der Waals surface area contributed by atoms with Crippen LogP contribution in [0.1, 0.15) is 10.4 Å². The van der Waals surface area contributed by atoms with Crippen molar-refractivity contribution in [2.75, 3.05) is 5.32 Å². The van der Waals surface area contributed by atoms with E-state index in [1.165, 1.54) is 0 Å². The van der Waals surface area contributed by atoms with Crippen LogP contribution in [-0.2, 0) is 0 Å². The van der Waals surface area contributed by atoms with Gasteiger partial charge in [-0.3, -0.25) is 14.9 Å². The Hall–Kier alpha value is -1.80. The summed E-state index contributed by atoms with van der Waals surface area (Å²) in [6, 6.07) is 7.87. The predicted octanol–water partition coefficient (Wildman–Crippen LogP) is 4.51. The summed E-state index contributed by atoms with van der Waals surface area (Å²) in [6.45, 7) is 0. The molecule has 0 aliphatic heterocycles. The molecule has 8 heteroatoms. The lowest BCUT2D eigenvalue weighted by molar-refractivity contribution is -0.384. The van der Waals surface area contributed by atoms with E-state index < -0.39 is 16.6 Å². The van der Waals surface area contributed by atoms with E-state index in [1.54, 1.807) is 18.2 Å². The first-order valence-electron chi connectivity index (χ1n) is 5.59. The smallest absolute Gasteiger partial charge is 0.271 e. The summed E-state index contributed by atoms with van der Waals surface area (Å²) in [7, 11) is 0. The van der Waals surface area contributed by atoms with Crippen LogP contribution in [0.4, 0.5) is 15.8 Å². The number of non-ortho nitro benzene ring substituents is 1. The van der Waals surface area contributed by atoms with E-state index in [-0.39, 0.29) is 16.9 Å². The number of anilines is 1. The van der Waals surface area contributed by atoms with E-state index in [0.29, 0.717) is 8.95 Å². The lowest BCUT2D eigenvalue weighted by Gasteiger charge is -2.08. The van der Waals surface area contributed by atoms with E-state index in [1.807, 2.05) is 0 Å². The summed E-state index contributed by atoms with van der Waals surface area (Å²) in [5.41, 5.74) is -0.281. The first-order valence-corrected chi connectivity index (χ1v) is 7.17. The molecule has 0 saturated carbocycles. The van der Waals surface area contributed by atoms with Crippen LogP contribution in [0.15, 0.2) is 45.3 Å². The highest BCUT2D eigenvalue weighted by molar-refractivity contribution is 9.11. The third kappa shape index (κ3) is 3.64. The molecule has 0 spiro atoms. The molecule has 2 rings (SSSR count). The maximum Gasteiger partial charge on any atom is 0.271 e. The second-order valence-corrected chi connectivity index (χ2v) is 5.77. The standard InChI is InChI=1S/C13H7Br2FN2O3/c14-7-1-3-10(15)9(5-7)13(19)17-12-6-8(18(20)21)2-4-11(12)16/h1-6H,(H,17,19). The lowest BCUT2D eigenvalue weighted by Crippen LogP contribution is -2.14. The van der Waals surface area contributed by atoms with Gasteiger partial charge in [-0.05, 0) is 40.2 Å². The minimum absolute atomic E-state index is 0.249. The number of amides is 1. The molecule has 0 aliphatic rings. The number of benzene rings is 2. The van der Waals surface area contributed by atoms with Gasteiger partial charge < -0.3 is 5.32 Å². The van der Waals surface area contributed by atoms with Gasteiger partial charge in [0.1, 0.15) is 5.82 Å². The summed E-state index contributed by atoms with van der Waals surface area (Å²) in [5.74, 6) is -1.33. The number of carbonyl (C=O) groups is 1. The molecule has 0 radical (unpaired) electrons. The van der Waals surface area contributed by atoms with Crippen molar-refractivity contribution < 1.29 is 14.1 Å². The molecule has 0 atom stereocenters. The van der Waals surface area contributed by atoms with Crippen molar-refractivity contribution >= 4 is 49.1 Å². The van der Waals surface area contributed by atoms with Gasteiger partial charge in [-0.1, -0.05) is 15.9 Å². The summed E-state index contributed by atoms with van der Waals surface area (Å²) in [5, 5.41) is 13.0. The van der Waals surface area contributed by atoms with Crippen LogP contribution in [0.25, 0.3) is 0 Å². The maximum absolute atomic E-state index is 13.6. The minimum atomic E-state index is -0.750. The second-order valence-electron chi connectivity index (χ2n) is 4.00. The highest BCUT2D eigenvalue weighted by Gasteiger charge is 2.16. The van der Waals surface area contributed by atoms with Gasteiger partial charge in [0, 0.05) is 21.1 Å². The van der Waals surface area contributed by atoms with Crippen molar-refractivity contribution in [2.45, 2.75) is 0 Å². The molecule has 1 N–H and O–H groups in total. The first kappa shape index (κ1) is 15.6. The lowest BCUT2D eigenvalue weighted by atomic mass is 10.2. The fourth-order valence-corrected chi connectivity index (χ4v) is 2.37. The molecule has 0 fully saturated rings. The number of carbonyl (C=O) groups excluding carboxylic acids is 1. The van der Waals surface area contributed by atoms with E-state index in [2.05, 4.69) is 37.2 Å². The van der Waals surface area contributed by atoms with E-state index in [4.69, 9.17) is 0 Å². The number of halogens is 3. The number of nitrogens with one attached hydrogen (secondary N) is 1. The maximum atomic E-state index is 13.6. The molecule has 108 valence electrons. The molecule has 21 heavy (non-hydrogen) atoms. The van der Waals surface area contributed by atoms with Crippen LogP contribution in [0, 0.1) is 15.9 Å². The van der Waals surface area contributed by atoms with Gasteiger partial charge >= 0.3 is 0 Å². The van der Waals surface area contributed by atoms with Gasteiger partial charge in [0.2, 0.25) is 0 Å². The van der Waals surface area contributed by atoms with Gasteiger partial charge in [-0.15, -0.1) is 0 Å². The normalized spacial score (nSPS) is 10.2. The van der Waals surface area contributed by atoms with Crippen LogP contribution < -0.4 is 5.32 Å². The molecular weight excluding hydrogens is 411 g/mol. The molecule has 0 aromatic heterocycles. The summed E-state index contributed by atoms with van der Waals surface area (Å²) in [6.07, 6.45) is 0. The van der Waals surface area contributed by atoms with Gasteiger partial charge in [-0.25, -0.2) is 4.39 Å². The van der Waals surface area contributed by atoms with Crippen LogP contribution in [0.2, 0.25) is 0 Å².